The van der Waals surface area contributed by atoms with Crippen molar-refractivity contribution in [3.63, 3.8) is 0 Å². The molecule has 0 rings (SSSR count). The predicted octanol–water partition coefficient (Wildman–Crippen LogP) is 5.12. The molecular formula is C6H16Cl4Si2Ti. The molecule has 0 spiro atoms. The van der Waals surface area contributed by atoms with Gasteiger partial charge in [0.25, 0.3) is 0 Å². The molecule has 0 aromatic carbocycles. The van der Waals surface area contributed by atoms with Gasteiger partial charge < -0.3 is 6.55 Å². The molecule has 0 fully saturated rings. The fraction of sp³-hybridized carbons (Fsp3) is 0.833. The van der Waals surface area contributed by atoms with Crippen molar-refractivity contribution >= 4 is 54.5 Å². The van der Waals surface area contributed by atoms with Gasteiger partial charge in [-0.25, -0.2) is 0 Å². The van der Waals surface area contributed by atoms with Crippen LogP contribution in [-0.4, -0.2) is 15.5 Å². The van der Waals surface area contributed by atoms with Crippen LogP contribution in [-0.2, 0) is 14.7 Å². The summed E-state index contributed by atoms with van der Waals surface area (Å²) in [5.41, 5.74) is 1.22. The molecule has 0 amide bonds. The van der Waals surface area contributed by atoms with Crippen LogP contribution in [0.3, 0.4) is 0 Å². The molecule has 13 heavy (non-hydrogen) atoms. The molecule has 0 heterocycles. The number of hydrogen-bond acceptors (Lipinski definition) is 0. The van der Waals surface area contributed by atoms with Crippen LogP contribution in [0.4, 0.5) is 0 Å². The molecule has 0 N–H and O–H groups in total. The van der Waals surface area contributed by atoms with Gasteiger partial charge in [-0.05, 0) is 0 Å². The van der Waals surface area contributed by atoms with Gasteiger partial charge in [0.15, 0.2) is 0 Å². The Bertz CT molecular complexity index is 115. The van der Waals surface area contributed by atoms with Crippen molar-refractivity contribution < 1.29 is 14.7 Å². The summed E-state index contributed by atoms with van der Waals surface area (Å²) in [6.07, 6.45) is 0. The molecule has 0 bridgehead atoms. The Labute approximate surface area is 106 Å². The monoisotopic (exact) mass is 332 g/mol. The first-order valence-electron chi connectivity index (χ1n) is 3.82. The third-order valence-corrected chi connectivity index (χ3v) is 9.29. The molecule has 0 saturated heterocycles. The van der Waals surface area contributed by atoms with Crippen molar-refractivity contribution in [2.24, 2.45) is 0 Å². The Kier molecular flexibility index (Phi) is 10.3. The van der Waals surface area contributed by atoms with Crippen LogP contribution in [0, 0.1) is 6.55 Å². The van der Waals surface area contributed by atoms with E-state index in [1.807, 2.05) is 0 Å². The summed E-state index contributed by atoms with van der Waals surface area (Å²) >= 11 is 4.23. The third-order valence-electron chi connectivity index (χ3n) is 0.899. The molecule has 0 aliphatic rings. The van der Waals surface area contributed by atoms with E-state index in [-0.39, 0.29) is 0 Å². The molecular weight excluding hydrogens is 318 g/mol. The molecule has 0 nitrogen and oxygen atoms in total. The molecule has 0 aliphatic carbocycles. The zero-order valence-electron chi connectivity index (χ0n) is 8.43. The van der Waals surface area contributed by atoms with Gasteiger partial charge in [-0.1, -0.05) is 31.9 Å². The molecule has 0 aromatic rings. The standard InChI is InChI=1S/C6H16ClSi2.3ClH.Ti/c1-8(2,3)6-9(4,5)7;;;;/h1,6H2,2-5H3;3*1H;/q-1;;;;+4/p-3. The minimum atomic E-state index is -1.92. The van der Waals surface area contributed by atoms with Gasteiger partial charge in [-0.3, -0.25) is 0 Å². The number of halogens is 4. The van der Waals surface area contributed by atoms with Gasteiger partial charge in [0.2, 0.25) is 0 Å². The zero-order chi connectivity index (χ0) is 11.3. The second kappa shape index (κ2) is 7.56. The van der Waals surface area contributed by atoms with Gasteiger partial charge in [-0.15, -0.1) is 8.07 Å². The zero-order valence-corrected chi connectivity index (χ0v) is 15.0. The van der Waals surface area contributed by atoms with Crippen LogP contribution in [0.25, 0.3) is 0 Å². The van der Waals surface area contributed by atoms with E-state index in [1.165, 1.54) is 5.67 Å². The normalized spacial score (nSPS) is 11.8. The van der Waals surface area contributed by atoms with Crippen LogP contribution in [0.5, 0.6) is 0 Å². The molecule has 0 saturated carbocycles. The third kappa shape index (κ3) is 31.4. The molecule has 80 valence electrons. The van der Waals surface area contributed by atoms with Gasteiger partial charge in [0.05, 0.1) is 0 Å². The first-order chi connectivity index (χ1) is 5.44. The van der Waals surface area contributed by atoms with Gasteiger partial charge >= 0.3 is 42.6 Å². The van der Waals surface area contributed by atoms with E-state index in [1.54, 1.807) is 0 Å². The van der Waals surface area contributed by atoms with Crippen molar-refractivity contribution in [3.8, 4) is 0 Å². The summed E-state index contributed by atoms with van der Waals surface area (Å²) in [7, 11) is 12.5. The van der Waals surface area contributed by atoms with E-state index in [0.29, 0.717) is 0 Å². The topological polar surface area (TPSA) is 0 Å². The van der Waals surface area contributed by atoms with E-state index < -0.39 is 30.1 Å². The van der Waals surface area contributed by atoms with Crippen LogP contribution >= 0.6 is 39.0 Å². The van der Waals surface area contributed by atoms with Crippen LogP contribution < -0.4 is 0 Å². The fourth-order valence-electron chi connectivity index (χ4n) is 1.14. The van der Waals surface area contributed by atoms with Crippen molar-refractivity contribution in [3.05, 3.63) is 6.55 Å². The average Bonchev–Trinajstić information content (AvgIpc) is 1.47. The average molecular weight is 334 g/mol. The Morgan fingerprint density at radius 3 is 1.31 bits per heavy atom. The molecule has 7 heteroatoms. The van der Waals surface area contributed by atoms with Crippen LogP contribution in [0.1, 0.15) is 0 Å². The summed E-state index contributed by atoms with van der Waals surface area (Å²) in [5, 5.41) is 0. The number of rotatable bonds is 2. The van der Waals surface area contributed by atoms with Crippen molar-refractivity contribution in [1.82, 2.24) is 0 Å². The first-order valence-corrected chi connectivity index (χ1v) is 17.9. The van der Waals surface area contributed by atoms with Gasteiger partial charge in [-0.2, -0.15) is 11.1 Å². The first kappa shape index (κ1) is 17.7. The van der Waals surface area contributed by atoms with Crippen molar-refractivity contribution in [2.75, 3.05) is 0 Å². The van der Waals surface area contributed by atoms with E-state index in [4.69, 9.17) is 39.0 Å². The summed E-state index contributed by atoms with van der Waals surface area (Å²) in [4.78, 5) is 0. The van der Waals surface area contributed by atoms with Crippen LogP contribution in [0.15, 0.2) is 0 Å². The summed E-state index contributed by atoms with van der Waals surface area (Å²) in [6.45, 7) is 13.1. The minimum absolute atomic E-state index is 1.11. The second-order valence-electron chi connectivity index (χ2n) is 4.27. The van der Waals surface area contributed by atoms with Crippen molar-refractivity contribution in [2.45, 2.75) is 31.9 Å². The Hall–Kier alpha value is 2.31. The SMILES string of the molecule is [CH2-][Si](C)(C)C[Si](C)(C)Cl.[Cl][Ti+]([Cl])[Cl]. The summed E-state index contributed by atoms with van der Waals surface area (Å²) in [5.74, 6) is 0. The quantitative estimate of drug-likeness (QED) is 0.374. The molecule has 0 aromatic heterocycles. The summed E-state index contributed by atoms with van der Waals surface area (Å²) < 4.78 is 0. The predicted molar refractivity (Wildman–Crippen MR) is 68.5 cm³/mol. The molecule has 0 unspecified atom stereocenters. The van der Waals surface area contributed by atoms with E-state index in [0.717, 1.165) is 0 Å². The van der Waals surface area contributed by atoms with Crippen LogP contribution in [0.2, 0.25) is 31.9 Å². The summed E-state index contributed by atoms with van der Waals surface area (Å²) in [6, 6.07) is 0. The maximum atomic E-state index is 6.15. The van der Waals surface area contributed by atoms with Crippen molar-refractivity contribution in [1.29, 1.82) is 0 Å². The molecule has 0 aliphatic heterocycles. The molecule has 0 atom stereocenters. The number of hydrogen-bond donors (Lipinski definition) is 0. The fourth-order valence-corrected chi connectivity index (χ4v) is 13.5. The van der Waals surface area contributed by atoms with Gasteiger partial charge in [0, 0.05) is 0 Å². The van der Waals surface area contributed by atoms with E-state index in [9.17, 15) is 0 Å². The van der Waals surface area contributed by atoms with Gasteiger partial charge in [0.1, 0.15) is 7.38 Å². The second-order valence-corrected chi connectivity index (χ2v) is 24.3. The Balaban J connectivity index is 0. The van der Waals surface area contributed by atoms with E-state index >= 15 is 0 Å². The Morgan fingerprint density at radius 2 is 1.31 bits per heavy atom. The Morgan fingerprint density at radius 1 is 1.08 bits per heavy atom. The maximum absolute atomic E-state index is 6.15. The van der Waals surface area contributed by atoms with E-state index in [2.05, 4.69) is 32.7 Å². The molecule has 0 radical (unpaired) electrons.